The zero-order valence-electron chi connectivity index (χ0n) is 12.3. The first kappa shape index (κ1) is 16.0. The third-order valence-corrected chi connectivity index (χ3v) is 3.16. The summed E-state index contributed by atoms with van der Waals surface area (Å²) in [6.07, 6.45) is 5.99. The number of carbonyl (C=O) groups is 1. The maximum absolute atomic E-state index is 12.1. The van der Waals surface area contributed by atoms with Crippen LogP contribution in [0.1, 0.15) is 48.5 Å². The van der Waals surface area contributed by atoms with Crippen molar-refractivity contribution >= 4 is 5.91 Å². The highest BCUT2D eigenvalue weighted by molar-refractivity contribution is 5.84. The average Bonchev–Trinajstić information content (AvgIpc) is 2.25. The van der Waals surface area contributed by atoms with Crippen molar-refractivity contribution in [2.75, 3.05) is 0 Å². The van der Waals surface area contributed by atoms with E-state index in [0.717, 1.165) is 0 Å². The summed E-state index contributed by atoms with van der Waals surface area (Å²) in [5.74, 6) is 0.537. The highest BCUT2D eigenvalue weighted by atomic mass is 16.2. The summed E-state index contributed by atoms with van der Waals surface area (Å²) in [6.45, 7) is 14.2. The molecule has 0 heterocycles. The molecule has 2 nitrogen and oxygen atoms in total. The van der Waals surface area contributed by atoms with Crippen molar-refractivity contribution in [2.45, 2.75) is 54.5 Å². The van der Waals surface area contributed by atoms with Crippen LogP contribution in [0.5, 0.6) is 0 Å². The molecule has 0 bridgehead atoms. The van der Waals surface area contributed by atoms with E-state index in [1.807, 2.05) is 52.8 Å². The molecule has 0 aromatic carbocycles. The van der Waals surface area contributed by atoms with E-state index in [-0.39, 0.29) is 11.9 Å². The lowest BCUT2D eigenvalue weighted by molar-refractivity contribution is -0.128. The van der Waals surface area contributed by atoms with Gasteiger partial charge in [0, 0.05) is 6.04 Å². The minimum atomic E-state index is -0.465. The van der Waals surface area contributed by atoms with Gasteiger partial charge in [-0.15, -0.1) is 0 Å². The Morgan fingerprint density at radius 3 is 2.18 bits per heavy atom. The minimum Gasteiger partial charge on any atom is -0.353 e. The van der Waals surface area contributed by atoms with Crippen LogP contribution in [-0.4, -0.2) is 11.9 Å². The molecule has 0 saturated heterocycles. The Morgan fingerprint density at radius 2 is 1.76 bits per heavy atom. The SMILES string of the molecule is CC=C(C)C=CC(C)(C)C(=O)NC(C)C(C)C. The Bertz CT molecular complexity index is 311. The predicted molar refractivity (Wildman–Crippen MR) is 74.8 cm³/mol. The topological polar surface area (TPSA) is 29.1 Å². The molecule has 0 saturated carbocycles. The van der Waals surface area contributed by atoms with E-state index in [1.165, 1.54) is 5.57 Å². The van der Waals surface area contributed by atoms with Crippen LogP contribution >= 0.6 is 0 Å². The zero-order chi connectivity index (χ0) is 13.6. The Hall–Kier alpha value is -1.05. The van der Waals surface area contributed by atoms with Gasteiger partial charge in [-0.3, -0.25) is 4.79 Å². The molecule has 0 aliphatic carbocycles. The van der Waals surface area contributed by atoms with Gasteiger partial charge in [0.1, 0.15) is 0 Å². The number of hydrogen-bond donors (Lipinski definition) is 1. The van der Waals surface area contributed by atoms with Crippen LogP contribution in [-0.2, 0) is 4.79 Å². The van der Waals surface area contributed by atoms with Crippen molar-refractivity contribution in [1.82, 2.24) is 5.32 Å². The summed E-state index contributed by atoms with van der Waals surface area (Å²) in [5, 5.41) is 3.05. The van der Waals surface area contributed by atoms with Crippen molar-refractivity contribution < 1.29 is 4.79 Å². The fourth-order valence-corrected chi connectivity index (χ4v) is 1.07. The molecule has 0 aromatic heterocycles. The molecule has 1 N–H and O–H groups in total. The average molecular weight is 237 g/mol. The largest absolute Gasteiger partial charge is 0.353 e. The van der Waals surface area contributed by atoms with Crippen molar-refractivity contribution in [3.8, 4) is 0 Å². The number of nitrogens with one attached hydrogen (secondary N) is 1. The standard InChI is InChI=1S/C15H27NO/c1-8-12(4)9-10-15(6,7)14(17)16-13(5)11(2)3/h8-11,13H,1-7H3,(H,16,17). The molecule has 1 atom stereocenters. The third-order valence-electron chi connectivity index (χ3n) is 3.16. The van der Waals surface area contributed by atoms with Gasteiger partial charge < -0.3 is 5.32 Å². The fraction of sp³-hybridized carbons (Fsp3) is 0.667. The van der Waals surface area contributed by atoms with Gasteiger partial charge >= 0.3 is 0 Å². The summed E-state index contributed by atoms with van der Waals surface area (Å²) in [4.78, 5) is 12.1. The molecule has 0 aliphatic heterocycles. The maximum atomic E-state index is 12.1. The summed E-state index contributed by atoms with van der Waals surface area (Å²) in [5.41, 5.74) is 0.704. The van der Waals surface area contributed by atoms with E-state index < -0.39 is 5.41 Å². The molecule has 1 unspecified atom stereocenters. The van der Waals surface area contributed by atoms with Gasteiger partial charge in [-0.2, -0.15) is 0 Å². The van der Waals surface area contributed by atoms with Crippen LogP contribution in [0.4, 0.5) is 0 Å². The van der Waals surface area contributed by atoms with Crippen LogP contribution in [0.25, 0.3) is 0 Å². The predicted octanol–water partition coefficient (Wildman–Crippen LogP) is 3.70. The Morgan fingerprint density at radius 1 is 1.24 bits per heavy atom. The van der Waals surface area contributed by atoms with E-state index in [1.54, 1.807) is 0 Å². The number of rotatable bonds is 5. The first-order valence-electron chi connectivity index (χ1n) is 6.33. The van der Waals surface area contributed by atoms with E-state index in [9.17, 15) is 4.79 Å². The number of hydrogen-bond acceptors (Lipinski definition) is 1. The lowest BCUT2D eigenvalue weighted by Crippen LogP contribution is -2.43. The Balaban J connectivity index is 4.61. The zero-order valence-corrected chi connectivity index (χ0v) is 12.3. The Kier molecular flexibility index (Phi) is 6.22. The molecule has 0 rings (SSSR count). The van der Waals surface area contributed by atoms with Crippen LogP contribution in [0.2, 0.25) is 0 Å². The van der Waals surface area contributed by atoms with Gasteiger partial charge in [0.15, 0.2) is 0 Å². The van der Waals surface area contributed by atoms with E-state index in [2.05, 4.69) is 19.2 Å². The monoisotopic (exact) mass is 237 g/mol. The van der Waals surface area contributed by atoms with Crippen LogP contribution in [0.15, 0.2) is 23.8 Å². The van der Waals surface area contributed by atoms with Gasteiger partial charge in [0.25, 0.3) is 0 Å². The first-order valence-corrected chi connectivity index (χ1v) is 6.33. The van der Waals surface area contributed by atoms with Crippen LogP contribution < -0.4 is 5.32 Å². The lowest BCUT2D eigenvalue weighted by Gasteiger charge is -2.25. The normalized spacial score (nSPS) is 15.4. The number of amides is 1. The highest BCUT2D eigenvalue weighted by Gasteiger charge is 2.25. The third kappa shape index (κ3) is 5.71. The lowest BCUT2D eigenvalue weighted by atomic mass is 9.90. The van der Waals surface area contributed by atoms with Crippen molar-refractivity contribution in [2.24, 2.45) is 11.3 Å². The van der Waals surface area contributed by atoms with Crippen molar-refractivity contribution in [3.05, 3.63) is 23.8 Å². The van der Waals surface area contributed by atoms with Gasteiger partial charge in [0.05, 0.1) is 5.41 Å². The molecule has 0 fully saturated rings. The first-order chi connectivity index (χ1) is 7.70. The molecule has 2 heteroatoms. The second-order valence-corrected chi connectivity index (χ2v) is 5.59. The summed E-state index contributed by atoms with van der Waals surface area (Å²) < 4.78 is 0. The Labute approximate surface area is 106 Å². The minimum absolute atomic E-state index is 0.0823. The van der Waals surface area contributed by atoms with E-state index in [0.29, 0.717) is 5.92 Å². The van der Waals surface area contributed by atoms with E-state index >= 15 is 0 Å². The summed E-state index contributed by atoms with van der Waals surface area (Å²) in [7, 11) is 0. The van der Waals surface area contributed by atoms with Gasteiger partial charge in [-0.25, -0.2) is 0 Å². The quantitative estimate of drug-likeness (QED) is 0.726. The summed E-state index contributed by atoms with van der Waals surface area (Å²) >= 11 is 0. The molecular weight excluding hydrogens is 210 g/mol. The molecule has 0 aliphatic rings. The molecule has 0 aromatic rings. The van der Waals surface area contributed by atoms with Gasteiger partial charge in [-0.1, -0.05) is 37.6 Å². The van der Waals surface area contributed by atoms with Crippen LogP contribution in [0, 0.1) is 11.3 Å². The maximum Gasteiger partial charge on any atom is 0.229 e. The highest BCUT2D eigenvalue weighted by Crippen LogP contribution is 2.19. The fourth-order valence-electron chi connectivity index (χ4n) is 1.07. The molecule has 17 heavy (non-hydrogen) atoms. The summed E-state index contributed by atoms with van der Waals surface area (Å²) in [6, 6.07) is 0.206. The van der Waals surface area contributed by atoms with Crippen molar-refractivity contribution in [1.29, 1.82) is 0 Å². The van der Waals surface area contributed by atoms with Crippen molar-refractivity contribution in [3.63, 3.8) is 0 Å². The number of allylic oxidation sites excluding steroid dienone is 3. The smallest absolute Gasteiger partial charge is 0.229 e. The molecular formula is C15H27NO. The molecule has 1 amide bonds. The molecule has 0 radical (unpaired) electrons. The van der Waals surface area contributed by atoms with Gasteiger partial charge in [0.2, 0.25) is 5.91 Å². The second-order valence-electron chi connectivity index (χ2n) is 5.59. The van der Waals surface area contributed by atoms with E-state index in [4.69, 9.17) is 0 Å². The number of carbonyl (C=O) groups excluding carboxylic acids is 1. The molecule has 98 valence electrons. The van der Waals surface area contributed by atoms with Crippen LogP contribution in [0.3, 0.4) is 0 Å². The second kappa shape index (κ2) is 6.63. The molecule has 0 spiro atoms. The van der Waals surface area contributed by atoms with Gasteiger partial charge in [-0.05, 0) is 40.5 Å².